The van der Waals surface area contributed by atoms with Gasteiger partial charge in [0.05, 0.1) is 6.04 Å². The molecule has 2 N–H and O–H groups in total. The summed E-state index contributed by atoms with van der Waals surface area (Å²) < 4.78 is 15.1. The van der Waals surface area contributed by atoms with Crippen LogP contribution in [0, 0.1) is 19.7 Å². The van der Waals surface area contributed by atoms with E-state index in [1.165, 1.54) is 29.5 Å². The Bertz CT molecular complexity index is 987. The number of aryl methyl sites for hydroxylation is 2. The standard InChI is InChI=1S/C20H20FN5OS/c1-12-3-5-14(6-4-12)11-22-19(27)18-17(15-7-9-16(21)10-8-15)25-26-13(2)23-24-20(26)28-18/h3-10,17-18,25H,11H2,1-2H3,(H,22,27). The number of carbonyl (C=O) groups is 1. The monoisotopic (exact) mass is 397 g/mol. The van der Waals surface area contributed by atoms with E-state index in [2.05, 4.69) is 20.9 Å². The molecule has 3 aromatic rings. The maximum atomic E-state index is 13.4. The third kappa shape index (κ3) is 3.73. The van der Waals surface area contributed by atoms with Crippen molar-refractivity contribution in [1.82, 2.24) is 20.2 Å². The lowest BCUT2D eigenvalue weighted by Gasteiger charge is -2.32. The van der Waals surface area contributed by atoms with E-state index in [4.69, 9.17) is 0 Å². The first kappa shape index (κ1) is 18.5. The predicted molar refractivity (Wildman–Crippen MR) is 106 cm³/mol. The summed E-state index contributed by atoms with van der Waals surface area (Å²) in [5.74, 6) is 0.279. The lowest BCUT2D eigenvalue weighted by molar-refractivity contribution is -0.121. The molecule has 2 atom stereocenters. The molecule has 0 saturated heterocycles. The summed E-state index contributed by atoms with van der Waals surface area (Å²) in [5, 5.41) is 11.4. The molecule has 1 aliphatic rings. The molecule has 2 unspecified atom stereocenters. The van der Waals surface area contributed by atoms with Crippen molar-refractivity contribution < 1.29 is 9.18 Å². The first-order valence-electron chi connectivity index (χ1n) is 8.95. The number of thioether (sulfide) groups is 1. The van der Waals surface area contributed by atoms with Gasteiger partial charge in [0.1, 0.15) is 16.9 Å². The quantitative estimate of drug-likeness (QED) is 0.708. The van der Waals surface area contributed by atoms with Gasteiger partial charge in [0.15, 0.2) is 0 Å². The van der Waals surface area contributed by atoms with Gasteiger partial charge in [0.2, 0.25) is 11.1 Å². The lowest BCUT2D eigenvalue weighted by atomic mass is 10.0. The molecular weight excluding hydrogens is 377 g/mol. The summed E-state index contributed by atoms with van der Waals surface area (Å²) in [4.78, 5) is 13.0. The van der Waals surface area contributed by atoms with Gasteiger partial charge < -0.3 is 10.7 Å². The molecule has 0 bridgehead atoms. The molecule has 28 heavy (non-hydrogen) atoms. The molecule has 1 amide bonds. The SMILES string of the molecule is Cc1ccc(CNC(=O)C2Sc3nnc(C)n3NC2c2ccc(F)cc2)cc1. The van der Waals surface area contributed by atoms with Gasteiger partial charge in [-0.2, -0.15) is 0 Å². The van der Waals surface area contributed by atoms with E-state index in [0.29, 0.717) is 17.5 Å². The van der Waals surface area contributed by atoms with Crippen LogP contribution in [0.3, 0.4) is 0 Å². The summed E-state index contributed by atoms with van der Waals surface area (Å²) in [6.45, 7) is 4.31. The molecule has 0 spiro atoms. The van der Waals surface area contributed by atoms with Crippen LogP contribution in [-0.2, 0) is 11.3 Å². The minimum atomic E-state index is -0.466. The molecule has 0 aliphatic carbocycles. The average molecular weight is 397 g/mol. The third-order valence-corrected chi connectivity index (χ3v) is 5.89. The van der Waals surface area contributed by atoms with Crippen LogP contribution in [0.25, 0.3) is 0 Å². The van der Waals surface area contributed by atoms with Gasteiger partial charge in [0, 0.05) is 6.54 Å². The van der Waals surface area contributed by atoms with Crippen molar-refractivity contribution in [3.63, 3.8) is 0 Å². The lowest BCUT2D eigenvalue weighted by Crippen LogP contribution is -2.44. The number of fused-ring (bicyclic) bond motifs is 1. The van der Waals surface area contributed by atoms with Gasteiger partial charge in [-0.3, -0.25) is 4.79 Å². The van der Waals surface area contributed by atoms with Crippen molar-refractivity contribution in [2.45, 2.75) is 36.8 Å². The maximum Gasteiger partial charge on any atom is 0.236 e. The Morgan fingerprint density at radius 3 is 2.57 bits per heavy atom. The summed E-state index contributed by atoms with van der Waals surface area (Å²) in [5.41, 5.74) is 6.33. The van der Waals surface area contributed by atoms with Gasteiger partial charge in [0.25, 0.3) is 0 Å². The molecule has 0 saturated carbocycles. The number of nitrogens with one attached hydrogen (secondary N) is 2. The van der Waals surface area contributed by atoms with Gasteiger partial charge >= 0.3 is 0 Å². The second-order valence-corrected chi connectivity index (χ2v) is 7.87. The Morgan fingerprint density at radius 2 is 1.86 bits per heavy atom. The average Bonchev–Trinajstić information content (AvgIpc) is 3.07. The highest BCUT2D eigenvalue weighted by molar-refractivity contribution is 8.00. The zero-order chi connectivity index (χ0) is 19.7. The molecule has 0 fully saturated rings. The van der Waals surface area contributed by atoms with Crippen LogP contribution < -0.4 is 10.7 Å². The van der Waals surface area contributed by atoms with E-state index in [0.717, 1.165) is 11.1 Å². The zero-order valence-electron chi connectivity index (χ0n) is 15.5. The van der Waals surface area contributed by atoms with E-state index in [9.17, 15) is 9.18 Å². The fraction of sp³-hybridized carbons (Fsp3) is 0.250. The van der Waals surface area contributed by atoms with E-state index in [1.54, 1.807) is 16.8 Å². The normalized spacial score (nSPS) is 18.2. The number of carbonyl (C=O) groups excluding carboxylic acids is 1. The Labute approximate surface area is 166 Å². The van der Waals surface area contributed by atoms with Crippen LogP contribution in [0.5, 0.6) is 0 Å². The number of hydrogen-bond donors (Lipinski definition) is 2. The van der Waals surface area contributed by atoms with Gasteiger partial charge in [-0.05, 0) is 37.1 Å². The minimum absolute atomic E-state index is 0.112. The Hall–Kier alpha value is -2.87. The van der Waals surface area contributed by atoms with Crippen molar-refractivity contribution in [3.05, 3.63) is 76.9 Å². The highest BCUT2D eigenvalue weighted by atomic mass is 32.2. The number of amides is 1. The van der Waals surface area contributed by atoms with Crippen LogP contribution in [-0.4, -0.2) is 26.0 Å². The number of benzene rings is 2. The first-order chi connectivity index (χ1) is 13.5. The number of halogens is 1. The molecule has 144 valence electrons. The van der Waals surface area contributed by atoms with Crippen molar-refractivity contribution in [3.8, 4) is 0 Å². The second kappa shape index (κ2) is 7.63. The minimum Gasteiger partial charge on any atom is -0.351 e. The van der Waals surface area contributed by atoms with Crippen LogP contribution >= 0.6 is 11.8 Å². The van der Waals surface area contributed by atoms with Crippen LogP contribution in [0.2, 0.25) is 0 Å². The summed E-state index contributed by atoms with van der Waals surface area (Å²) in [6, 6.07) is 13.9. The molecule has 6 nitrogen and oxygen atoms in total. The van der Waals surface area contributed by atoms with Gasteiger partial charge in [-0.1, -0.05) is 53.7 Å². The fourth-order valence-electron chi connectivity index (χ4n) is 3.08. The molecule has 2 aromatic carbocycles. The molecule has 0 radical (unpaired) electrons. The summed E-state index contributed by atoms with van der Waals surface area (Å²) in [7, 11) is 0. The highest BCUT2D eigenvalue weighted by Crippen LogP contribution is 2.37. The summed E-state index contributed by atoms with van der Waals surface area (Å²) >= 11 is 1.35. The zero-order valence-corrected chi connectivity index (χ0v) is 16.3. The van der Waals surface area contributed by atoms with Crippen molar-refractivity contribution in [2.24, 2.45) is 0 Å². The Morgan fingerprint density at radius 1 is 1.14 bits per heavy atom. The Balaban J connectivity index is 1.57. The van der Waals surface area contributed by atoms with Gasteiger partial charge in [-0.25, -0.2) is 9.07 Å². The number of aromatic nitrogens is 3. The molecule has 4 rings (SSSR count). The molecule has 2 heterocycles. The Kier molecular flexibility index (Phi) is 5.04. The van der Waals surface area contributed by atoms with E-state index < -0.39 is 5.25 Å². The topological polar surface area (TPSA) is 71.8 Å². The molecule has 8 heteroatoms. The molecular formula is C20H20FN5OS. The van der Waals surface area contributed by atoms with Crippen LogP contribution in [0.4, 0.5) is 4.39 Å². The van der Waals surface area contributed by atoms with Crippen molar-refractivity contribution in [1.29, 1.82) is 0 Å². The van der Waals surface area contributed by atoms with E-state index >= 15 is 0 Å². The highest BCUT2D eigenvalue weighted by Gasteiger charge is 2.37. The summed E-state index contributed by atoms with van der Waals surface area (Å²) in [6.07, 6.45) is 0. The van der Waals surface area contributed by atoms with Crippen LogP contribution in [0.15, 0.2) is 53.7 Å². The van der Waals surface area contributed by atoms with E-state index in [1.807, 2.05) is 38.1 Å². The number of nitrogens with zero attached hydrogens (tertiary/aromatic N) is 3. The smallest absolute Gasteiger partial charge is 0.236 e. The van der Waals surface area contributed by atoms with Crippen LogP contribution in [0.1, 0.15) is 28.6 Å². The number of hydrogen-bond acceptors (Lipinski definition) is 5. The van der Waals surface area contributed by atoms with Crippen molar-refractivity contribution >= 4 is 17.7 Å². The number of rotatable bonds is 4. The van der Waals surface area contributed by atoms with E-state index in [-0.39, 0.29) is 17.8 Å². The molecule has 1 aliphatic heterocycles. The largest absolute Gasteiger partial charge is 0.351 e. The predicted octanol–water partition coefficient (Wildman–Crippen LogP) is 3.11. The molecule has 1 aromatic heterocycles. The fourth-order valence-corrected chi connectivity index (χ4v) is 4.23. The maximum absolute atomic E-state index is 13.4. The third-order valence-electron chi connectivity index (χ3n) is 4.67. The first-order valence-corrected chi connectivity index (χ1v) is 9.83. The van der Waals surface area contributed by atoms with Crippen molar-refractivity contribution in [2.75, 3.05) is 5.43 Å². The second-order valence-electron chi connectivity index (χ2n) is 6.77. The van der Waals surface area contributed by atoms with Gasteiger partial charge in [-0.15, -0.1) is 10.2 Å².